The van der Waals surface area contributed by atoms with Crippen LogP contribution in [0.2, 0.25) is 0 Å². The molecular weight excluding hydrogens is 1100 g/mol. The Balaban J connectivity index is 0.992. The van der Waals surface area contributed by atoms with E-state index in [-0.39, 0.29) is 10.8 Å². The maximum atomic E-state index is 2.75. The summed E-state index contributed by atoms with van der Waals surface area (Å²) in [7, 11) is 0. The first-order valence-electron chi connectivity index (χ1n) is 35.0. The Morgan fingerprint density at radius 3 is 1.05 bits per heavy atom. The maximum absolute atomic E-state index is 2.75. The van der Waals surface area contributed by atoms with Crippen LogP contribution in [0, 0.1) is 23.7 Å². The highest BCUT2D eigenvalue weighted by Crippen LogP contribution is 2.62. The molecule has 11 aromatic rings. The summed E-state index contributed by atoms with van der Waals surface area (Å²) in [5.41, 5.74) is 20.1. The topological polar surface area (TPSA) is 0 Å². The largest absolute Gasteiger partial charge is 0.135 e. The summed E-state index contributed by atoms with van der Waals surface area (Å²) in [5, 5.41) is 8.57. The van der Waals surface area contributed by atoms with Gasteiger partial charge in [0.1, 0.15) is 0 Å². The van der Waals surface area contributed by atoms with Gasteiger partial charge in [-0.25, -0.2) is 0 Å². The molecule has 13 rings (SSSR count). The van der Waals surface area contributed by atoms with Crippen molar-refractivity contribution in [2.75, 3.05) is 0 Å². The fourth-order valence-electron chi connectivity index (χ4n) is 17.3. The predicted molar refractivity (Wildman–Crippen MR) is 389 cm³/mol. The van der Waals surface area contributed by atoms with Gasteiger partial charge in [-0.3, -0.25) is 0 Å². The zero-order chi connectivity index (χ0) is 60.5. The molecule has 0 aliphatic heterocycles. The Kier molecular flexibility index (Phi) is 18.1. The molecule has 0 fully saturated rings. The van der Waals surface area contributed by atoms with Crippen LogP contribution in [0.15, 0.2) is 170 Å². The lowest BCUT2D eigenvalue weighted by molar-refractivity contribution is 0.266. The lowest BCUT2D eigenvalue weighted by atomic mass is 9.64. The zero-order valence-corrected chi connectivity index (χ0v) is 56.1. The monoisotopic (exact) mass is 1190 g/mol. The normalized spacial score (nSPS) is 17.5. The van der Waals surface area contributed by atoms with E-state index in [1.165, 1.54) is 236 Å². The van der Waals surface area contributed by atoms with Gasteiger partial charge in [-0.05, 0) is 174 Å². The first-order valence-corrected chi connectivity index (χ1v) is 36.7. The molecule has 4 unspecified atom stereocenters. The average Bonchev–Trinajstić information content (AvgIpc) is 1.56. The van der Waals surface area contributed by atoms with Crippen LogP contribution in [-0.4, -0.2) is 0 Å². The molecule has 452 valence electrons. The van der Waals surface area contributed by atoms with Crippen LogP contribution >= 0.6 is 22.7 Å². The van der Waals surface area contributed by atoms with Gasteiger partial charge in [0.25, 0.3) is 0 Å². The summed E-state index contributed by atoms with van der Waals surface area (Å²) in [6.07, 6.45) is 25.2. The van der Waals surface area contributed by atoms with Crippen LogP contribution in [0.5, 0.6) is 0 Å². The summed E-state index contributed by atoms with van der Waals surface area (Å²) >= 11 is 4.06. The van der Waals surface area contributed by atoms with Gasteiger partial charge in [0.2, 0.25) is 0 Å². The molecule has 2 aromatic heterocycles. The van der Waals surface area contributed by atoms with E-state index >= 15 is 0 Å². The predicted octanol–water partition coefficient (Wildman–Crippen LogP) is 27.5. The van der Waals surface area contributed by atoms with E-state index in [0.29, 0.717) is 23.7 Å². The molecule has 0 saturated carbocycles. The van der Waals surface area contributed by atoms with Crippen molar-refractivity contribution in [1.82, 2.24) is 0 Å². The third-order valence-electron chi connectivity index (χ3n) is 22.2. The minimum Gasteiger partial charge on any atom is -0.135 e. The summed E-state index contributed by atoms with van der Waals surface area (Å²) in [4.78, 5) is 2.84. The fraction of sp³-hybridized carbons (Fsp3) is 0.395. The zero-order valence-electron chi connectivity index (χ0n) is 54.4. The number of hydrogen-bond donors (Lipinski definition) is 0. The molecule has 88 heavy (non-hydrogen) atoms. The van der Waals surface area contributed by atoms with Crippen molar-refractivity contribution in [2.45, 2.75) is 195 Å². The second-order valence-electron chi connectivity index (χ2n) is 27.4. The number of thiophene rings is 2. The van der Waals surface area contributed by atoms with Crippen LogP contribution in [0.25, 0.3) is 107 Å². The van der Waals surface area contributed by atoms with Gasteiger partial charge in [-0.1, -0.05) is 292 Å². The van der Waals surface area contributed by atoms with E-state index in [9.17, 15) is 0 Å². The molecule has 2 aliphatic rings. The molecule has 0 radical (unpaired) electrons. The Hall–Kier alpha value is -6.32. The van der Waals surface area contributed by atoms with Gasteiger partial charge in [-0.15, -0.1) is 22.7 Å². The highest BCUT2D eigenvalue weighted by atomic mass is 32.1. The average molecular weight is 1190 g/mol. The summed E-state index contributed by atoms with van der Waals surface area (Å²) < 4.78 is 2.78. The lowest BCUT2D eigenvalue weighted by Crippen LogP contribution is -2.31. The second kappa shape index (κ2) is 26.3. The van der Waals surface area contributed by atoms with E-state index in [1.54, 1.807) is 22.3 Å². The number of fused-ring (bicyclic) bond motifs is 8. The van der Waals surface area contributed by atoms with Crippen molar-refractivity contribution in [3.8, 4) is 65.4 Å². The van der Waals surface area contributed by atoms with Crippen LogP contribution in [-0.2, 0) is 10.8 Å². The lowest BCUT2D eigenvalue weighted by Gasteiger charge is -2.39. The van der Waals surface area contributed by atoms with E-state index in [4.69, 9.17) is 0 Å². The van der Waals surface area contributed by atoms with Crippen molar-refractivity contribution >= 4 is 64.4 Å². The van der Waals surface area contributed by atoms with Crippen molar-refractivity contribution < 1.29 is 0 Å². The van der Waals surface area contributed by atoms with Crippen LogP contribution in [0.3, 0.4) is 0 Å². The highest BCUT2D eigenvalue weighted by Gasteiger charge is 2.48. The van der Waals surface area contributed by atoms with E-state index in [0.717, 1.165) is 0 Å². The van der Waals surface area contributed by atoms with Crippen molar-refractivity contribution in [3.63, 3.8) is 0 Å². The first-order chi connectivity index (χ1) is 43.2. The van der Waals surface area contributed by atoms with Crippen molar-refractivity contribution in [3.05, 3.63) is 192 Å². The molecule has 0 nitrogen and oxygen atoms in total. The minimum absolute atomic E-state index is 0.0450. The Morgan fingerprint density at radius 2 is 0.648 bits per heavy atom. The van der Waals surface area contributed by atoms with Gasteiger partial charge < -0.3 is 0 Å². The molecular formula is C86H96S2. The summed E-state index contributed by atoms with van der Waals surface area (Å²) in [6.45, 7) is 19.4. The van der Waals surface area contributed by atoms with Gasteiger partial charge in [0, 0.05) is 51.5 Å². The quantitative estimate of drug-likeness (QED) is 0.0429. The van der Waals surface area contributed by atoms with E-state index < -0.39 is 0 Å². The van der Waals surface area contributed by atoms with Gasteiger partial charge in [-0.2, -0.15) is 0 Å². The molecule has 0 saturated heterocycles. The van der Waals surface area contributed by atoms with Crippen LogP contribution in [0.1, 0.15) is 206 Å². The molecule has 0 bridgehead atoms. The number of benzene rings is 9. The van der Waals surface area contributed by atoms with Crippen LogP contribution < -0.4 is 0 Å². The minimum atomic E-state index is -0.0808. The SMILES string of the molecule is CCCCC(CC)CC1(CC(CC)CCCC)c2ccc(-c3sc4cccc5c6c(-c7ccc8c(c7)C(CC(CC)CCCC)(CC(CC)CCCC)c7cc(-c9ccccc9)ccc7-8)sc7cccc(c3c45)c76)cc2-c2ccc(-c3ccccc3)cc21. The molecule has 9 aromatic carbocycles. The molecule has 4 atom stereocenters. The highest BCUT2D eigenvalue weighted by molar-refractivity contribution is 7.25. The van der Waals surface area contributed by atoms with Crippen molar-refractivity contribution in [1.29, 1.82) is 0 Å². The third kappa shape index (κ3) is 10.8. The molecule has 2 heterocycles. The molecule has 2 heteroatoms. The molecule has 2 aliphatic carbocycles. The van der Waals surface area contributed by atoms with Gasteiger partial charge in [0.15, 0.2) is 0 Å². The Morgan fingerprint density at radius 1 is 0.295 bits per heavy atom. The number of rotatable bonds is 28. The summed E-state index contributed by atoms with van der Waals surface area (Å²) in [5.74, 6) is 2.67. The number of unbranched alkanes of at least 4 members (excludes halogenated alkanes) is 4. The maximum Gasteiger partial charge on any atom is 0.0434 e. The second-order valence-corrected chi connectivity index (χ2v) is 29.5. The van der Waals surface area contributed by atoms with Gasteiger partial charge in [0.05, 0.1) is 0 Å². The van der Waals surface area contributed by atoms with E-state index in [2.05, 4.69) is 225 Å². The van der Waals surface area contributed by atoms with Gasteiger partial charge >= 0.3 is 0 Å². The Bertz CT molecular complexity index is 4150. The van der Waals surface area contributed by atoms with E-state index in [1.807, 2.05) is 22.7 Å². The fourth-order valence-corrected chi connectivity index (χ4v) is 19.8. The third-order valence-corrected chi connectivity index (χ3v) is 24.6. The molecule has 0 amide bonds. The number of hydrogen-bond acceptors (Lipinski definition) is 2. The first kappa shape index (κ1) is 60.6. The Labute approximate surface area is 536 Å². The standard InChI is InChI=1S/C86H96S2/c1-9-17-29-57(13-5)53-85(54-58(14-6)30-18-10-2)73-48-44-65(49-72(73)69-46-42-64(51-75(69)85)62-35-25-22-26-36-62)83-81-70-37-27-40-78-80(70)82(71-38-28-39-77(87-83)79(71)81)84(88-78)66-43-47-68-67-45-41-63(61-33-23-21-24-34-61)50-74(67)86(76(68)52-66,55-59(15-7)31-19-11-3)56-60(16-8)32-20-12-4/h21-28,33-52,57-60H,9-20,29-32,53-56H2,1-8H3. The molecule has 0 N–H and O–H groups in total. The summed E-state index contributed by atoms with van der Waals surface area (Å²) in [6, 6.07) is 67.8. The van der Waals surface area contributed by atoms with Crippen LogP contribution in [0.4, 0.5) is 0 Å². The smallest absolute Gasteiger partial charge is 0.0434 e. The van der Waals surface area contributed by atoms with Crippen molar-refractivity contribution in [2.24, 2.45) is 23.7 Å². The molecule has 0 spiro atoms.